The molecule has 2 N–H and O–H groups in total. The fourth-order valence-electron chi connectivity index (χ4n) is 2.77. The van der Waals surface area contributed by atoms with Gasteiger partial charge >= 0.3 is 0 Å². The molecule has 3 aromatic rings. The van der Waals surface area contributed by atoms with Crippen LogP contribution in [0.15, 0.2) is 29.6 Å². The zero-order valence-electron chi connectivity index (χ0n) is 15.7. The minimum Gasteiger partial charge on any atom is -0.364 e. The number of H-pyrrole nitrogens is 1. The maximum atomic E-state index is 14.4. The highest BCUT2D eigenvalue weighted by Gasteiger charge is 2.25. The van der Waals surface area contributed by atoms with E-state index in [1.165, 1.54) is 6.07 Å². The fraction of sp³-hybridized carbons (Fsp3) is 0.368. The Morgan fingerprint density at radius 3 is 2.74 bits per heavy atom. The lowest BCUT2D eigenvalue weighted by Crippen LogP contribution is -2.35. The summed E-state index contributed by atoms with van der Waals surface area (Å²) in [6.45, 7) is 6.17. The summed E-state index contributed by atoms with van der Waals surface area (Å²) in [7, 11) is 1.70. The van der Waals surface area contributed by atoms with Crippen molar-refractivity contribution in [2.24, 2.45) is 10.4 Å². The maximum absolute atomic E-state index is 14.4. The highest BCUT2D eigenvalue weighted by Crippen LogP contribution is 2.29. The van der Waals surface area contributed by atoms with Gasteiger partial charge in [-0.3, -0.25) is 0 Å². The van der Waals surface area contributed by atoms with Crippen LogP contribution in [0.3, 0.4) is 0 Å². The number of nitrogens with one attached hydrogen (secondary N) is 2. The molecule has 8 heteroatoms. The zero-order chi connectivity index (χ0) is 19.6. The number of aromatic nitrogens is 4. The van der Waals surface area contributed by atoms with Crippen LogP contribution in [-0.2, 0) is 0 Å². The molecule has 142 valence electrons. The van der Waals surface area contributed by atoms with E-state index in [0.717, 1.165) is 12.4 Å². The molecule has 0 spiro atoms. The summed E-state index contributed by atoms with van der Waals surface area (Å²) >= 11 is 0. The molecule has 27 heavy (non-hydrogen) atoms. The summed E-state index contributed by atoms with van der Waals surface area (Å²) in [6, 6.07) is 1.27. The molecule has 1 unspecified atom stereocenters. The molecule has 0 amide bonds. The van der Waals surface area contributed by atoms with Crippen LogP contribution in [0.5, 0.6) is 0 Å². The van der Waals surface area contributed by atoms with Crippen molar-refractivity contribution in [3.8, 4) is 11.4 Å². The molecule has 0 saturated carbocycles. The van der Waals surface area contributed by atoms with E-state index in [1.807, 2.05) is 0 Å². The summed E-state index contributed by atoms with van der Waals surface area (Å²) in [6.07, 6.45) is 6.30. The van der Waals surface area contributed by atoms with Gasteiger partial charge in [0, 0.05) is 42.9 Å². The third-order valence-corrected chi connectivity index (χ3v) is 4.36. The smallest absolute Gasteiger partial charge is 0.183 e. The predicted octanol–water partition coefficient (Wildman–Crippen LogP) is 4.22. The Balaban J connectivity index is 1.99. The van der Waals surface area contributed by atoms with Gasteiger partial charge in [0.05, 0.1) is 12.4 Å². The van der Waals surface area contributed by atoms with Crippen LogP contribution in [0.1, 0.15) is 27.2 Å². The van der Waals surface area contributed by atoms with Crippen molar-refractivity contribution in [1.82, 2.24) is 19.9 Å². The summed E-state index contributed by atoms with van der Waals surface area (Å²) in [5.74, 6) is -0.626. The quantitative estimate of drug-likeness (QED) is 0.658. The van der Waals surface area contributed by atoms with E-state index in [0.29, 0.717) is 23.0 Å². The maximum Gasteiger partial charge on any atom is 0.183 e. The molecule has 3 rings (SSSR count). The topological polar surface area (TPSA) is 78.9 Å². The molecular weight excluding hydrogens is 350 g/mol. The van der Waals surface area contributed by atoms with Gasteiger partial charge in [0.25, 0.3) is 0 Å². The van der Waals surface area contributed by atoms with E-state index in [4.69, 9.17) is 0 Å². The van der Waals surface area contributed by atoms with Crippen molar-refractivity contribution in [2.45, 2.75) is 33.2 Å². The second kappa shape index (κ2) is 7.38. The summed E-state index contributed by atoms with van der Waals surface area (Å²) in [5, 5.41) is 3.71. The molecule has 0 bridgehead atoms. The number of hydrogen-bond donors (Lipinski definition) is 2. The molecule has 0 aromatic carbocycles. The fourth-order valence-corrected chi connectivity index (χ4v) is 2.77. The third-order valence-electron chi connectivity index (χ3n) is 4.36. The molecule has 0 aliphatic carbocycles. The Morgan fingerprint density at radius 2 is 2.04 bits per heavy atom. The molecule has 0 aliphatic rings. The van der Waals surface area contributed by atoms with Gasteiger partial charge in [0.15, 0.2) is 17.5 Å². The monoisotopic (exact) mass is 372 g/mol. The minimum atomic E-state index is -0.550. The number of anilines is 1. The number of nitrogens with zero attached hydrogens (tertiary/aromatic N) is 4. The van der Waals surface area contributed by atoms with Crippen LogP contribution in [0, 0.1) is 17.0 Å². The minimum absolute atomic E-state index is 0.0828. The third kappa shape index (κ3) is 4.10. The molecule has 0 saturated heterocycles. The van der Waals surface area contributed by atoms with Gasteiger partial charge in [-0.25, -0.2) is 23.7 Å². The van der Waals surface area contributed by atoms with Crippen LogP contribution < -0.4 is 5.32 Å². The molecule has 0 radical (unpaired) electrons. The summed E-state index contributed by atoms with van der Waals surface area (Å²) in [4.78, 5) is 19.4. The Bertz CT molecular complexity index is 974. The second-order valence-corrected chi connectivity index (χ2v) is 7.38. The molecule has 0 fully saturated rings. The predicted molar refractivity (Wildman–Crippen MR) is 103 cm³/mol. The van der Waals surface area contributed by atoms with Gasteiger partial charge < -0.3 is 15.3 Å². The standard InChI is InChI=1S/C19H22F2N6/c1-19(2,3)15(5-6-22-4)26-18-14(21)10-25-17(27-18)13-9-24-16-12(13)7-11(20)8-23-16/h6-10,15H,5H2,1-4H3,(H,23,24)(H,25,26,27)/b22-6-. The van der Waals surface area contributed by atoms with Crippen LogP contribution in [0.25, 0.3) is 22.4 Å². The van der Waals surface area contributed by atoms with Crippen molar-refractivity contribution in [3.05, 3.63) is 36.3 Å². The Hall–Kier alpha value is -2.90. The summed E-state index contributed by atoms with van der Waals surface area (Å²) in [5.41, 5.74) is 0.926. The van der Waals surface area contributed by atoms with E-state index >= 15 is 0 Å². The van der Waals surface area contributed by atoms with Crippen LogP contribution in [0.4, 0.5) is 14.6 Å². The molecule has 0 aliphatic heterocycles. The van der Waals surface area contributed by atoms with E-state index in [1.54, 1.807) is 19.5 Å². The zero-order valence-corrected chi connectivity index (χ0v) is 15.7. The number of halogens is 2. The highest BCUT2D eigenvalue weighted by atomic mass is 19.1. The van der Waals surface area contributed by atoms with Gasteiger partial charge in [-0.15, -0.1) is 0 Å². The van der Waals surface area contributed by atoms with Gasteiger partial charge in [-0.05, 0) is 11.5 Å². The lowest BCUT2D eigenvalue weighted by Gasteiger charge is -2.31. The van der Waals surface area contributed by atoms with Crippen LogP contribution >= 0.6 is 0 Å². The SMILES string of the molecule is C/N=C\CC(Nc1nc(-c2c[nH]c3ncc(F)cc23)ncc1F)C(C)(C)C. The second-order valence-electron chi connectivity index (χ2n) is 7.38. The lowest BCUT2D eigenvalue weighted by molar-refractivity contribution is 0.346. The largest absolute Gasteiger partial charge is 0.364 e. The van der Waals surface area contributed by atoms with Crippen molar-refractivity contribution in [1.29, 1.82) is 0 Å². The molecular formula is C19H22F2N6. The average Bonchev–Trinajstić information content (AvgIpc) is 3.02. The van der Waals surface area contributed by atoms with E-state index < -0.39 is 11.6 Å². The lowest BCUT2D eigenvalue weighted by atomic mass is 9.85. The Kier molecular flexibility index (Phi) is 5.16. The van der Waals surface area contributed by atoms with Crippen molar-refractivity contribution in [3.63, 3.8) is 0 Å². The number of aliphatic imine (C=N–C) groups is 1. The normalized spacial score (nSPS) is 13.4. The Morgan fingerprint density at radius 1 is 1.26 bits per heavy atom. The first kappa shape index (κ1) is 18.9. The average molecular weight is 372 g/mol. The first-order valence-corrected chi connectivity index (χ1v) is 8.62. The molecule has 1 atom stereocenters. The van der Waals surface area contributed by atoms with E-state index in [9.17, 15) is 8.78 Å². The number of hydrogen-bond acceptors (Lipinski definition) is 5. The molecule has 3 aromatic heterocycles. The highest BCUT2D eigenvalue weighted by molar-refractivity contribution is 5.91. The summed E-state index contributed by atoms with van der Waals surface area (Å²) < 4.78 is 27.9. The Labute approximate surface area is 156 Å². The van der Waals surface area contributed by atoms with Crippen LogP contribution in [0.2, 0.25) is 0 Å². The van der Waals surface area contributed by atoms with Crippen molar-refractivity contribution < 1.29 is 8.78 Å². The van der Waals surface area contributed by atoms with Crippen molar-refractivity contribution >= 4 is 23.1 Å². The first-order valence-electron chi connectivity index (χ1n) is 8.62. The molecule has 3 heterocycles. The van der Waals surface area contributed by atoms with E-state index in [-0.39, 0.29) is 23.1 Å². The van der Waals surface area contributed by atoms with Gasteiger partial charge in [0.1, 0.15) is 11.5 Å². The number of aromatic amines is 1. The van der Waals surface area contributed by atoms with E-state index in [2.05, 4.69) is 51.0 Å². The number of rotatable bonds is 5. The van der Waals surface area contributed by atoms with Crippen LogP contribution in [-0.4, -0.2) is 39.2 Å². The number of fused-ring (bicyclic) bond motifs is 1. The van der Waals surface area contributed by atoms with Gasteiger partial charge in [-0.2, -0.15) is 0 Å². The first-order chi connectivity index (χ1) is 12.8. The molecule has 6 nitrogen and oxygen atoms in total. The van der Waals surface area contributed by atoms with Gasteiger partial charge in [-0.1, -0.05) is 20.8 Å². The number of pyridine rings is 1. The van der Waals surface area contributed by atoms with Crippen molar-refractivity contribution in [2.75, 3.05) is 12.4 Å². The van der Waals surface area contributed by atoms with Gasteiger partial charge in [0.2, 0.25) is 0 Å².